The van der Waals surface area contributed by atoms with E-state index in [1.807, 2.05) is 25.1 Å². The van der Waals surface area contributed by atoms with Gasteiger partial charge in [-0.3, -0.25) is 14.9 Å². The first-order chi connectivity index (χ1) is 12.5. The van der Waals surface area contributed by atoms with Crippen LogP contribution >= 0.6 is 11.8 Å². The quantitative estimate of drug-likeness (QED) is 0.498. The molecule has 0 unspecified atom stereocenters. The molecule has 132 valence electrons. The Bertz CT molecular complexity index is 911. The van der Waals surface area contributed by atoms with Crippen molar-refractivity contribution in [2.75, 3.05) is 0 Å². The maximum absolute atomic E-state index is 12.1. The molecule has 2 aromatic carbocycles. The fourth-order valence-corrected chi connectivity index (χ4v) is 3.47. The highest BCUT2D eigenvalue weighted by Gasteiger charge is 2.30. The zero-order valence-electron chi connectivity index (χ0n) is 14.0. The molecule has 3 rings (SSSR count). The molecule has 1 aliphatic rings. The van der Waals surface area contributed by atoms with Crippen molar-refractivity contribution in [2.24, 2.45) is 10.2 Å². The number of non-ortho nitro benzene ring substituents is 1. The van der Waals surface area contributed by atoms with Gasteiger partial charge < -0.3 is 5.32 Å². The van der Waals surface area contributed by atoms with Gasteiger partial charge in [0.2, 0.25) is 5.91 Å². The zero-order chi connectivity index (χ0) is 18.5. The van der Waals surface area contributed by atoms with Gasteiger partial charge in [-0.15, -0.1) is 5.10 Å². The second-order valence-corrected chi connectivity index (χ2v) is 6.98. The summed E-state index contributed by atoms with van der Waals surface area (Å²) in [7, 11) is 0. The van der Waals surface area contributed by atoms with Crippen molar-refractivity contribution in [3.63, 3.8) is 0 Å². The number of rotatable bonds is 5. The summed E-state index contributed by atoms with van der Waals surface area (Å²) in [5.74, 6) is -0.0965. The molecule has 0 aliphatic carbocycles. The number of nitrogens with zero attached hydrogens (tertiary/aromatic N) is 3. The summed E-state index contributed by atoms with van der Waals surface area (Å²) in [5, 5.41) is 21.6. The van der Waals surface area contributed by atoms with E-state index >= 15 is 0 Å². The molecule has 7 nitrogen and oxygen atoms in total. The summed E-state index contributed by atoms with van der Waals surface area (Å²) in [4.78, 5) is 22.4. The molecule has 0 spiro atoms. The third-order valence-corrected chi connectivity index (χ3v) is 4.79. The summed E-state index contributed by atoms with van der Waals surface area (Å²) < 4.78 is 0. The Labute approximate surface area is 154 Å². The smallest absolute Gasteiger partial charge is 0.270 e. The van der Waals surface area contributed by atoms with E-state index in [-0.39, 0.29) is 16.8 Å². The predicted molar refractivity (Wildman–Crippen MR) is 103 cm³/mol. The maximum Gasteiger partial charge on any atom is 0.270 e. The molecule has 1 fully saturated rings. The van der Waals surface area contributed by atoms with E-state index in [0.717, 1.165) is 11.1 Å². The Hall–Kier alpha value is -3.00. The van der Waals surface area contributed by atoms with E-state index in [1.54, 1.807) is 12.1 Å². The molecule has 1 amide bonds. The van der Waals surface area contributed by atoms with Crippen LogP contribution in [0.5, 0.6) is 0 Å². The number of thioether (sulfide) groups is 1. The normalized spacial score (nSPS) is 18.4. The van der Waals surface area contributed by atoms with Crippen molar-refractivity contribution in [3.05, 3.63) is 75.3 Å². The van der Waals surface area contributed by atoms with E-state index in [0.29, 0.717) is 17.2 Å². The van der Waals surface area contributed by atoms with Gasteiger partial charge in [0, 0.05) is 17.7 Å². The third kappa shape index (κ3) is 4.54. The fourth-order valence-electron chi connectivity index (χ4n) is 2.51. The van der Waals surface area contributed by atoms with Crippen LogP contribution in [-0.4, -0.2) is 27.5 Å². The zero-order valence-corrected chi connectivity index (χ0v) is 14.8. The molecule has 26 heavy (non-hydrogen) atoms. The number of aryl methyl sites for hydroxylation is 1. The van der Waals surface area contributed by atoms with Gasteiger partial charge in [-0.25, -0.2) is 0 Å². The number of hydrogen-bond acceptors (Lipinski definition) is 6. The van der Waals surface area contributed by atoms with Gasteiger partial charge in [0.1, 0.15) is 0 Å². The average Bonchev–Trinajstić information content (AvgIpc) is 2.95. The van der Waals surface area contributed by atoms with Crippen LogP contribution in [0.25, 0.3) is 0 Å². The first kappa shape index (κ1) is 17.8. The van der Waals surface area contributed by atoms with Gasteiger partial charge in [-0.2, -0.15) is 5.10 Å². The lowest BCUT2D eigenvalue weighted by molar-refractivity contribution is -0.384. The molecule has 0 bridgehead atoms. The number of amides is 1. The van der Waals surface area contributed by atoms with Gasteiger partial charge in [-0.05, 0) is 18.9 Å². The summed E-state index contributed by atoms with van der Waals surface area (Å²) in [6, 6.07) is 14.1. The fraction of sp³-hybridized carbons (Fsp3) is 0.167. The molecular formula is C18H16N4O3S. The number of hydrogen-bond donors (Lipinski definition) is 1. The Kier molecular flexibility index (Phi) is 5.43. The van der Waals surface area contributed by atoms with Crippen LogP contribution in [0.15, 0.2) is 58.7 Å². The molecule has 1 aliphatic heterocycles. The van der Waals surface area contributed by atoms with Crippen LogP contribution in [0.1, 0.15) is 16.7 Å². The first-order valence-electron chi connectivity index (χ1n) is 7.90. The largest absolute Gasteiger partial charge is 0.303 e. The predicted octanol–water partition coefficient (Wildman–Crippen LogP) is 3.07. The van der Waals surface area contributed by atoms with E-state index in [1.165, 1.54) is 30.1 Å². The number of carbonyl (C=O) groups is 1. The van der Waals surface area contributed by atoms with Crippen molar-refractivity contribution in [1.82, 2.24) is 5.32 Å². The maximum atomic E-state index is 12.1. The van der Waals surface area contributed by atoms with E-state index in [9.17, 15) is 14.9 Å². The molecule has 1 heterocycles. The van der Waals surface area contributed by atoms with Crippen molar-refractivity contribution in [1.29, 1.82) is 0 Å². The van der Waals surface area contributed by atoms with Gasteiger partial charge in [0.05, 0.1) is 16.4 Å². The highest BCUT2D eigenvalue weighted by Crippen LogP contribution is 2.23. The Morgan fingerprint density at radius 3 is 2.85 bits per heavy atom. The lowest BCUT2D eigenvalue weighted by Crippen LogP contribution is -2.25. The van der Waals surface area contributed by atoms with Gasteiger partial charge in [0.25, 0.3) is 5.69 Å². The highest BCUT2D eigenvalue weighted by atomic mass is 32.2. The van der Waals surface area contributed by atoms with Crippen molar-refractivity contribution in [2.45, 2.75) is 18.6 Å². The topological polar surface area (TPSA) is 97.0 Å². The average molecular weight is 368 g/mol. The molecule has 0 saturated carbocycles. The van der Waals surface area contributed by atoms with Crippen LogP contribution in [0.3, 0.4) is 0 Å². The SMILES string of the molecule is Cc1cccc(C[C@@H]2S/C(=N\N=C/c3cccc([N+](=O)[O-])c3)NC2=O)c1. The first-order valence-corrected chi connectivity index (χ1v) is 8.78. The van der Waals surface area contributed by atoms with Crippen LogP contribution in [0, 0.1) is 17.0 Å². The number of carbonyl (C=O) groups excluding carboxylic acids is 1. The summed E-state index contributed by atoms with van der Waals surface area (Å²) in [5.41, 5.74) is 2.80. The molecule has 1 N–H and O–H groups in total. The lowest BCUT2D eigenvalue weighted by Gasteiger charge is -2.05. The second-order valence-electron chi connectivity index (χ2n) is 5.79. The van der Waals surface area contributed by atoms with E-state index in [2.05, 4.69) is 21.6 Å². The number of amidine groups is 1. The minimum atomic E-state index is -0.466. The third-order valence-electron chi connectivity index (χ3n) is 3.72. The van der Waals surface area contributed by atoms with Gasteiger partial charge in [0.15, 0.2) is 5.17 Å². The molecule has 2 aromatic rings. The number of benzene rings is 2. The van der Waals surface area contributed by atoms with Gasteiger partial charge >= 0.3 is 0 Å². The monoisotopic (exact) mass is 368 g/mol. The number of nitro benzene ring substituents is 1. The van der Waals surface area contributed by atoms with E-state index in [4.69, 9.17) is 0 Å². The molecule has 8 heteroatoms. The van der Waals surface area contributed by atoms with Crippen molar-refractivity contribution < 1.29 is 9.72 Å². The summed E-state index contributed by atoms with van der Waals surface area (Å²) in [6.45, 7) is 2.01. The Balaban J connectivity index is 1.64. The standard InChI is InChI=1S/C18H16N4O3S/c1-12-4-2-5-13(8-12)10-16-17(23)20-18(26-16)21-19-11-14-6-3-7-15(9-14)22(24)25/h2-9,11,16H,10H2,1H3,(H,20,21,23)/b19-11-/t16-/m0/s1. The van der Waals surface area contributed by atoms with Crippen molar-refractivity contribution >= 4 is 34.7 Å². The van der Waals surface area contributed by atoms with Crippen LogP contribution in [-0.2, 0) is 11.2 Å². The second kappa shape index (κ2) is 7.92. The number of nitro groups is 1. The summed E-state index contributed by atoms with van der Waals surface area (Å²) >= 11 is 1.33. The molecular weight excluding hydrogens is 352 g/mol. The minimum Gasteiger partial charge on any atom is -0.303 e. The summed E-state index contributed by atoms with van der Waals surface area (Å²) in [6.07, 6.45) is 2.03. The highest BCUT2D eigenvalue weighted by molar-refractivity contribution is 8.15. The molecule has 0 aromatic heterocycles. The van der Waals surface area contributed by atoms with E-state index < -0.39 is 4.92 Å². The van der Waals surface area contributed by atoms with Gasteiger partial charge in [-0.1, -0.05) is 53.7 Å². The minimum absolute atomic E-state index is 0.0108. The molecule has 0 radical (unpaired) electrons. The van der Waals surface area contributed by atoms with Crippen molar-refractivity contribution in [3.8, 4) is 0 Å². The molecule has 1 saturated heterocycles. The van der Waals surface area contributed by atoms with Crippen LogP contribution < -0.4 is 5.32 Å². The lowest BCUT2D eigenvalue weighted by atomic mass is 10.1. The molecule has 1 atom stereocenters. The van der Waals surface area contributed by atoms with Crippen LogP contribution in [0.4, 0.5) is 5.69 Å². The Morgan fingerprint density at radius 1 is 1.27 bits per heavy atom. The van der Waals surface area contributed by atoms with Crippen LogP contribution in [0.2, 0.25) is 0 Å². The Morgan fingerprint density at radius 2 is 2.08 bits per heavy atom. The number of nitrogens with one attached hydrogen (secondary N) is 1.